The van der Waals surface area contributed by atoms with Crippen LogP contribution in [-0.2, 0) is 17.5 Å². The summed E-state index contributed by atoms with van der Waals surface area (Å²) >= 11 is 0. The maximum atomic E-state index is 12.9. The van der Waals surface area contributed by atoms with Gasteiger partial charge in [0, 0.05) is 18.7 Å². The maximum Gasteiger partial charge on any atom is 0.416 e. The van der Waals surface area contributed by atoms with Crippen molar-refractivity contribution in [2.75, 3.05) is 19.7 Å². The summed E-state index contributed by atoms with van der Waals surface area (Å²) in [6.07, 6.45) is -2.68. The van der Waals surface area contributed by atoms with Crippen molar-refractivity contribution in [3.8, 4) is 0 Å². The average molecular weight is 377 g/mol. The van der Waals surface area contributed by atoms with Gasteiger partial charge in [-0.05, 0) is 42.5 Å². The zero-order chi connectivity index (χ0) is 19.3. The number of hydrogen-bond acceptors (Lipinski definition) is 2. The minimum atomic E-state index is -4.45. The second-order valence-corrected chi connectivity index (χ2v) is 6.84. The Morgan fingerprint density at radius 1 is 1.11 bits per heavy atom. The highest BCUT2D eigenvalue weighted by atomic mass is 19.4. The molecule has 3 nitrogen and oxygen atoms in total. The van der Waals surface area contributed by atoms with Gasteiger partial charge in [0.05, 0.1) is 18.8 Å². The number of amides is 1. The first-order valence-electron chi connectivity index (χ1n) is 9.01. The van der Waals surface area contributed by atoms with Gasteiger partial charge in [0.2, 0.25) is 0 Å². The summed E-state index contributed by atoms with van der Waals surface area (Å²) in [6, 6.07) is 14.5. The van der Waals surface area contributed by atoms with E-state index < -0.39 is 11.7 Å². The molecule has 0 aromatic heterocycles. The Labute approximate surface area is 156 Å². The molecule has 6 heteroatoms. The van der Waals surface area contributed by atoms with Crippen LogP contribution < -0.4 is 0 Å². The van der Waals surface area contributed by atoms with E-state index in [0.29, 0.717) is 26.3 Å². The van der Waals surface area contributed by atoms with Crippen molar-refractivity contribution in [1.82, 2.24) is 4.90 Å². The van der Waals surface area contributed by atoms with Crippen molar-refractivity contribution in [3.05, 3.63) is 71.3 Å². The van der Waals surface area contributed by atoms with E-state index in [9.17, 15) is 18.0 Å². The van der Waals surface area contributed by atoms with E-state index in [1.54, 1.807) is 4.90 Å². The number of hydrogen-bond donors (Lipinski definition) is 0. The Morgan fingerprint density at radius 2 is 1.89 bits per heavy atom. The predicted octanol–water partition coefficient (Wildman–Crippen LogP) is 4.77. The van der Waals surface area contributed by atoms with Crippen molar-refractivity contribution in [1.29, 1.82) is 0 Å². The van der Waals surface area contributed by atoms with Crippen LogP contribution in [0.5, 0.6) is 0 Å². The molecule has 0 N–H and O–H groups in total. The van der Waals surface area contributed by atoms with Gasteiger partial charge in [-0.25, -0.2) is 0 Å². The lowest BCUT2D eigenvalue weighted by atomic mass is 9.98. The van der Waals surface area contributed by atoms with E-state index >= 15 is 0 Å². The summed E-state index contributed by atoms with van der Waals surface area (Å²) in [6.45, 7) is 2.11. The first-order chi connectivity index (χ1) is 12.9. The normalized spacial score (nSPS) is 17.7. The SMILES string of the molecule is O=C(c1cccc(C(F)(F)F)c1)N1CCC[C@H](COCc2ccccc2)C1. The summed E-state index contributed by atoms with van der Waals surface area (Å²) < 4.78 is 44.4. The molecule has 2 aromatic carbocycles. The Morgan fingerprint density at radius 3 is 2.63 bits per heavy atom. The van der Waals surface area contributed by atoms with E-state index in [0.717, 1.165) is 30.5 Å². The van der Waals surface area contributed by atoms with Gasteiger partial charge in [0.1, 0.15) is 0 Å². The number of piperidine rings is 1. The average Bonchev–Trinajstić information content (AvgIpc) is 2.68. The standard InChI is InChI=1S/C21H22F3NO2/c22-21(23,24)19-10-4-9-18(12-19)20(26)25-11-5-8-17(13-25)15-27-14-16-6-2-1-3-7-16/h1-4,6-7,9-10,12,17H,5,8,11,13-15H2/t17-/m0/s1. The van der Waals surface area contributed by atoms with Gasteiger partial charge in [0.15, 0.2) is 0 Å². The van der Waals surface area contributed by atoms with Crippen molar-refractivity contribution < 1.29 is 22.7 Å². The van der Waals surface area contributed by atoms with Gasteiger partial charge in [-0.1, -0.05) is 36.4 Å². The maximum absolute atomic E-state index is 12.9. The summed E-state index contributed by atoms with van der Waals surface area (Å²) in [5.41, 5.74) is 0.369. The van der Waals surface area contributed by atoms with Gasteiger partial charge in [-0.2, -0.15) is 13.2 Å². The van der Waals surface area contributed by atoms with E-state index in [1.165, 1.54) is 12.1 Å². The minimum Gasteiger partial charge on any atom is -0.376 e. The number of ether oxygens (including phenoxy) is 1. The number of nitrogens with zero attached hydrogens (tertiary/aromatic N) is 1. The first-order valence-corrected chi connectivity index (χ1v) is 9.01. The van der Waals surface area contributed by atoms with Crippen molar-refractivity contribution in [2.45, 2.75) is 25.6 Å². The molecular weight excluding hydrogens is 355 g/mol. The monoisotopic (exact) mass is 377 g/mol. The van der Waals surface area contributed by atoms with E-state index in [-0.39, 0.29) is 17.4 Å². The third-order valence-corrected chi connectivity index (χ3v) is 4.71. The Bertz CT molecular complexity index is 762. The molecule has 0 bridgehead atoms. The van der Waals surface area contributed by atoms with Gasteiger partial charge < -0.3 is 9.64 Å². The molecule has 1 atom stereocenters. The third-order valence-electron chi connectivity index (χ3n) is 4.71. The summed E-state index contributed by atoms with van der Waals surface area (Å²) in [7, 11) is 0. The van der Waals surface area contributed by atoms with Crippen LogP contribution in [0.3, 0.4) is 0 Å². The number of likely N-dealkylation sites (tertiary alicyclic amines) is 1. The highest BCUT2D eigenvalue weighted by Crippen LogP contribution is 2.30. The lowest BCUT2D eigenvalue weighted by Gasteiger charge is -2.32. The second kappa shape index (κ2) is 8.57. The minimum absolute atomic E-state index is 0.0793. The van der Waals surface area contributed by atoms with Crippen LogP contribution in [0.2, 0.25) is 0 Å². The highest BCUT2D eigenvalue weighted by molar-refractivity contribution is 5.94. The number of benzene rings is 2. The topological polar surface area (TPSA) is 29.5 Å². The lowest BCUT2D eigenvalue weighted by molar-refractivity contribution is -0.137. The Balaban J connectivity index is 1.56. The first kappa shape index (κ1) is 19.4. The smallest absolute Gasteiger partial charge is 0.376 e. The molecule has 0 spiro atoms. The number of rotatable bonds is 5. The zero-order valence-electron chi connectivity index (χ0n) is 14.9. The van der Waals surface area contributed by atoms with Crippen molar-refractivity contribution in [3.63, 3.8) is 0 Å². The molecule has 3 rings (SSSR count). The fourth-order valence-corrected chi connectivity index (χ4v) is 3.31. The van der Waals surface area contributed by atoms with Gasteiger partial charge in [0.25, 0.3) is 5.91 Å². The predicted molar refractivity (Wildman–Crippen MR) is 96.2 cm³/mol. The number of carbonyl (C=O) groups excluding carboxylic acids is 1. The van der Waals surface area contributed by atoms with Crippen LogP contribution in [0, 0.1) is 5.92 Å². The molecule has 1 aliphatic heterocycles. The molecule has 0 aliphatic carbocycles. The van der Waals surface area contributed by atoms with Crippen LogP contribution in [0.1, 0.15) is 34.3 Å². The lowest BCUT2D eigenvalue weighted by Crippen LogP contribution is -2.41. The molecule has 0 radical (unpaired) electrons. The molecule has 144 valence electrons. The number of carbonyl (C=O) groups is 1. The second-order valence-electron chi connectivity index (χ2n) is 6.84. The number of alkyl halides is 3. The van der Waals surface area contributed by atoms with E-state index in [2.05, 4.69) is 0 Å². The Kier molecular flexibility index (Phi) is 6.16. The van der Waals surface area contributed by atoms with Gasteiger partial charge in [-0.15, -0.1) is 0 Å². The molecule has 27 heavy (non-hydrogen) atoms. The largest absolute Gasteiger partial charge is 0.416 e. The van der Waals surface area contributed by atoms with Crippen LogP contribution in [0.4, 0.5) is 13.2 Å². The zero-order valence-corrected chi connectivity index (χ0v) is 14.9. The van der Waals surface area contributed by atoms with E-state index in [1.807, 2.05) is 30.3 Å². The molecule has 1 fully saturated rings. The van der Waals surface area contributed by atoms with Crippen molar-refractivity contribution in [2.24, 2.45) is 5.92 Å². The van der Waals surface area contributed by atoms with Gasteiger partial charge >= 0.3 is 6.18 Å². The molecule has 1 saturated heterocycles. The molecule has 1 aliphatic rings. The Hall–Kier alpha value is -2.34. The molecular formula is C21H22F3NO2. The molecule has 0 saturated carbocycles. The number of halogens is 3. The molecule has 0 unspecified atom stereocenters. The summed E-state index contributed by atoms with van der Waals surface area (Å²) in [5.74, 6) is -0.161. The van der Waals surface area contributed by atoms with Crippen LogP contribution in [0.25, 0.3) is 0 Å². The van der Waals surface area contributed by atoms with Crippen LogP contribution >= 0.6 is 0 Å². The molecule has 2 aromatic rings. The van der Waals surface area contributed by atoms with Crippen LogP contribution in [-0.4, -0.2) is 30.5 Å². The molecule has 1 amide bonds. The van der Waals surface area contributed by atoms with Gasteiger partial charge in [-0.3, -0.25) is 4.79 Å². The fraction of sp³-hybridized carbons (Fsp3) is 0.381. The highest BCUT2D eigenvalue weighted by Gasteiger charge is 2.32. The van der Waals surface area contributed by atoms with Crippen LogP contribution in [0.15, 0.2) is 54.6 Å². The van der Waals surface area contributed by atoms with Crippen molar-refractivity contribution >= 4 is 5.91 Å². The quantitative estimate of drug-likeness (QED) is 0.751. The van der Waals surface area contributed by atoms with E-state index in [4.69, 9.17) is 4.74 Å². The fourth-order valence-electron chi connectivity index (χ4n) is 3.31. The summed E-state index contributed by atoms with van der Waals surface area (Å²) in [4.78, 5) is 14.3. The summed E-state index contributed by atoms with van der Waals surface area (Å²) in [5, 5.41) is 0. The molecule has 1 heterocycles. The third kappa shape index (κ3) is 5.32.